The van der Waals surface area contributed by atoms with Gasteiger partial charge >= 0.3 is 0 Å². The Balaban J connectivity index is 1.51. The second-order valence-corrected chi connectivity index (χ2v) is 10.3. The predicted molar refractivity (Wildman–Crippen MR) is 165 cm³/mol. The standard InChI is InChI=1S/C38H28/c1-25-22-26(2)24-30(23-25)27-18-20-29(21-19-27)37-33-13-5-7-15-35(33)38(36-16-8-6-14-34(36)37)32-17-9-11-28-10-3-4-12-31(28)32/h3-24H,1-2H3. The monoisotopic (exact) mass is 484 g/mol. The fourth-order valence-electron chi connectivity index (χ4n) is 6.14. The van der Waals surface area contributed by atoms with Crippen LogP contribution in [-0.2, 0) is 0 Å². The van der Waals surface area contributed by atoms with Crippen LogP contribution in [0.1, 0.15) is 11.1 Å². The van der Waals surface area contributed by atoms with E-state index in [2.05, 4.69) is 147 Å². The number of aryl methyl sites for hydroxylation is 2. The van der Waals surface area contributed by atoms with E-state index in [4.69, 9.17) is 0 Å². The molecule has 0 N–H and O–H groups in total. The highest BCUT2D eigenvalue weighted by Gasteiger charge is 2.17. The topological polar surface area (TPSA) is 0 Å². The number of hydrogen-bond donors (Lipinski definition) is 0. The van der Waals surface area contributed by atoms with Crippen molar-refractivity contribution in [3.63, 3.8) is 0 Å². The van der Waals surface area contributed by atoms with Crippen LogP contribution >= 0.6 is 0 Å². The van der Waals surface area contributed by atoms with E-state index in [0.717, 1.165) is 0 Å². The summed E-state index contributed by atoms with van der Waals surface area (Å²) in [7, 11) is 0. The first-order valence-corrected chi connectivity index (χ1v) is 13.3. The Labute approximate surface area is 223 Å². The molecular formula is C38H28. The van der Waals surface area contributed by atoms with Gasteiger partial charge in [-0.05, 0) is 79.5 Å². The molecular weight excluding hydrogens is 456 g/mol. The van der Waals surface area contributed by atoms with Gasteiger partial charge in [0, 0.05) is 0 Å². The summed E-state index contributed by atoms with van der Waals surface area (Å²) >= 11 is 0. The van der Waals surface area contributed by atoms with Crippen LogP contribution in [0.5, 0.6) is 0 Å². The lowest BCUT2D eigenvalue weighted by Gasteiger charge is -2.19. The van der Waals surface area contributed by atoms with Crippen LogP contribution in [-0.4, -0.2) is 0 Å². The molecule has 0 saturated carbocycles. The highest BCUT2D eigenvalue weighted by Crippen LogP contribution is 2.45. The molecule has 7 aromatic carbocycles. The molecule has 0 aliphatic carbocycles. The quantitative estimate of drug-likeness (QED) is 0.219. The van der Waals surface area contributed by atoms with Gasteiger partial charge in [-0.2, -0.15) is 0 Å². The van der Waals surface area contributed by atoms with Crippen molar-refractivity contribution in [2.45, 2.75) is 13.8 Å². The Morgan fingerprint density at radius 2 is 0.816 bits per heavy atom. The van der Waals surface area contributed by atoms with Crippen molar-refractivity contribution >= 4 is 32.3 Å². The molecule has 0 saturated heterocycles. The minimum atomic E-state index is 1.25. The van der Waals surface area contributed by atoms with Gasteiger partial charge in [0.2, 0.25) is 0 Å². The van der Waals surface area contributed by atoms with Crippen LogP contribution in [0.2, 0.25) is 0 Å². The molecule has 0 aliphatic heterocycles. The summed E-state index contributed by atoms with van der Waals surface area (Å²) < 4.78 is 0. The van der Waals surface area contributed by atoms with Gasteiger partial charge in [0.25, 0.3) is 0 Å². The van der Waals surface area contributed by atoms with Gasteiger partial charge < -0.3 is 0 Å². The van der Waals surface area contributed by atoms with Crippen molar-refractivity contribution < 1.29 is 0 Å². The average Bonchev–Trinajstić information content (AvgIpc) is 2.95. The molecule has 180 valence electrons. The summed E-state index contributed by atoms with van der Waals surface area (Å²) in [4.78, 5) is 0. The van der Waals surface area contributed by atoms with E-state index in [1.165, 1.54) is 76.8 Å². The SMILES string of the molecule is Cc1cc(C)cc(-c2ccc(-c3c4ccccc4c(-c4cccc5ccccc45)c4ccccc34)cc2)c1. The van der Waals surface area contributed by atoms with E-state index in [1.807, 2.05) is 0 Å². The molecule has 0 heteroatoms. The van der Waals surface area contributed by atoms with Crippen molar-refractivity contribution in [2.75, 3.05) is 0 Å². The Morgan fingerprint density at radius 3 is 1.42 bits per heavy atom. The molecule has 0 bridgehead atoms. The second-order valence-electron chi connectivity index (χ2n) is 10.3. The lowest BCUT2D eigenvalue weighted by molar-refractivity contribution is 1.38. The van der Waals surface area contributed by atoms with Gasteiger partial charge in [-0.15, -0.1) is 0 Å². The van der Waals surface area contributed by atoms with Crippen LogP contribution < -0.4 is 0 Å². The normalized spacial score (nSPS) is 11.4. The first-order valence-electron chi connectivity index (χ1n) is 13.3. The number of hydrogen-bond acceptors (Lipinski definition) is 0. The van der Waals surface area contributed by atoms with Gasteiger partial charge in [-0.1, -0.05) is 145 Å². The summed E-state index contributed by atoms with van der Waals surface area (Å²) in [5.74, 6) is 0. The molecule has 0 unspecified atom stereocenters. The summed E-state index contributed by atoms with van der Waals surface area (Å²) in [5, 5.41) is 7.70. The third-order valence-corrected chi connectivity index (χ3v) is 7.72. The average molecular weight is 485 g/mol. The highest BCUT2D eigenvalue weighted by molar-refractivity contribution is 6.23. The summed E-state index contributed by atoms with van der Waals surface area (Å²) in [6.07, 6.45) is 0. The van der Waals surface area contributed by atoms with Crippen molar-refractivity contribution in [3.05, 3.63) is 145 Å². The molecule has 0 fully saturated rings. The number of fused-ring (bicyclic) bond motifs is 3. The van der Waals surface area contributed by atoms with E-state index in [9.17, 15) is 0 Å². The van der Waals surface area contributed by atoms with Gasteiger partial charge in [-0.3, -0.25) is 0 Å². The largest absolute Gasteiger partial charge is 0.0616 e. The first-order chi connectivity index (χ1) is 18.7. The van der Waals surface area contributed by atoms with Crippen LogP contribution in [0.4, 0.5) is 0 Å². The Bertz CT molecular complexity index is 1890. The number of rotatable bonds is 3. The van der Waals surface area contributed by atoms with Crippen LogP contribution in [0.15, 0.2) is 133 Å². The van der Waals surface area contributed by atoms with E-state index >= 15 is 0 Å². The van der Waals surface area contributed by atoms with Crippen LogP contribution in [0, 0.1) is 13.8 Å². The van der Waals surface area contributed by atoms with Gasteiger partial charge in [-0.25, -0.2) is 0 Å². The van der Waals surface area contributed by atoms with Crippen molar-refractivity contribution in [3.8, 4) is 33.4 Å². The minimum Gasteiger partial charge on any atom is -0.0616 e. The van der Waals surface area contributed by atoms with E-state index < -0.39 is 0 Å². The van der Waals surface area contributed by atoms with Crippen molar-refractivity contribution in [2.24, 2.45) is 0 Å². The number of benzene rings is 7. The lowest BCUT2D eigenvalue weighted by atomic mass is 9.84. The van der Waals surface area contributed by atoms with Gasteiger partial charge in [0.1, 0.15) is 0 Å². The molecule has 0 aliphatic rings. The summed E-state index contributed by atoms with van der Waals surface area (Å²) in [6.45, 7) is 4.33. The molecule has 0 atom stereocenters. The first kappa shape index (κ1) is 22.5. The molecule has 7 aromatic rings. The zero-order chi connectivity index (χ0) is 25.6. The summed E-state index contributed by atoms with van der Waals surface area (Å²) in [5.41, 5.74) is 10.3. The van der Waals surface area contributed by atoms with Gasteiger partial charge in [0.15, 0.2) is 0 Å². The van der Waals surface area contributed by atoms with Crippen LogP contribution in [0.25, 0.3) is 65.7 Å². The Morgan fingerprint density at radius 1 is 0.342 bits per heavy atom. The molecule has 0 radical (unpaired) electrons. The highest BCUT2D eigenvalue weighted by atomic mass is 14.2. The van der Waals surface area contributed by atoms with E-state index in [1.54, 1.807) is 0 Å². The second kappa shape index (κ2) is 9.01. The zero-order valence-corrected chi connectivity index (χ0v) is 21.7. The van der Waals surface area contributed by atoms with Crippen molar-refractivity contribution in [1.82, 2.24) is 0 Å². The maximum Gasteiger partial charge on any atom is -0.00201 e. The third-order valence-electron chi connectivity index (χ3n) is 7.72. The molecule has 0 nitrogen and oxygen atoms in total. The fourth-order valence-corrected chi connectivity index (χ4v) is 6.14. The molecule has 0 heterocycles. The molecule has 7 rings (SSSR count). The van der Waals surface area contributed by atoms with E-state index in [0.29, 0.717) is 0 Å². The minimum absolute atomic E-state index is 1.25. The molecule has 0 spiro atoms. The summed E-state index contributed by atoms with van der Waals surface area (Å²) in [6, 6.07) is 49.0. The maximum atomic E-state index is 2.29. The van der Waals surface area contributed by atoms with Gasteiger partial charge in [0.05, 0.1) is 0 Å². The molecule has 38 heavy (non-hydrogen) atoms. The predicted octanol–water partition coefficient (Wildman–Crippen LogP) is 10.8. The smallest absolute Gasteiger partial charge is 0.00201 e. The third kappa shape index (κ3) is 3.69. The Hall–Kier alpha value is -4.68. The van der Waals surface area contributed by atoms with Crippen molar-refractivity contribution in [1.29, 1.82) is 0 Å². The maximum absolute atomic E-state index is 2.29. The molecule has 0 amide bonds. The zero-order valence-electron chi connectivity index (χ0n) is 21.7. The Kier molecular flexibility index (Phi) is 5.34. The lowest BCUT2D eigenvalue weighted by Crippen LogP contribution is -1.91. The molecule has 0 aromatic heterocycles. The fraction of sp³-hybridized carbons (Fsp3) is 0.0526. The van der Waals surface area contributed by atoms with Crippen LogP contribution in [0.3, 0.4) is 0 Å². The van der Waals surface area contributed by atoms with E-state index in [-0.39, 0.29) is 0 Å².